The lowest BCUT2D eigenvalue weighted by atomic mass is 9.98. The predicted octanol–water partition coefficient (Wildman–Crippen LogP) is 3.96. The second-order valence-electron chi connectivity index (χ2n) is 5.78. The molecule has 1 aromatic rings. The molecule has 0 bridgehead atoms. The molecule has 0 saturated heterocycles. The van der Waals surface area contributed by atoms with E-state index in [1.807, 2.05) is 24.3 Å². The molecule has 3 heteroatoms. The summed E-state index contributed by atoms with van der Waals surface area (Å²) in [5.41, 5.74) is 1.76. The molecule has 3 nitrogen and oxygen atoms in total. The van der Waals surface area contributed by atoms with Gasteiger partial charge in [0.15, 0.2) is 0 Å². The highest BCUT2D eigenvalue weighted by Gasteiger charge is 2.27. The summed E-state index contributed by atoms with van der Waals surface area (Å²) in [6, 6.07) is 7.60. The highest BCUT2D eigenvalue weighted by Crippen LogP contribution is 2.20. The van der Waals surface area contributed by atoms with Crippen LogP contribution in [0.1, 0.15) is 67.8 Å². The summed E-state index contributed by atoms with van der Waals surface area (Å²) in [7, 11) is 0. The van der Waals surface area contributed by atoms with Crippen LogP contribution in [0.4, 0.5) is 0 Å². The van der Waals surface area contributed by atoms with E-state index in [1.54, 1.807) is 0 Å². The van der Waals surface area contributed by atoms with Gasteiger partial charge in [-0.2, -0.15) is 0 Å². The molecule has 2 amide bonds. The molecule has 0 fully saturated rings. The lowest BCUT2D eigenvalue weighted by Gasteiger charge is -2.26. The summed E-state index contributed by atoms with van der Waals surface area (Å²) in [6.45, 7) is 2.73. The largest absolute Gasteiger partial charge is 0.278 e. The molecule has 0 unspecified atom stereocenters. The van der Waals surface area contributed by atoms with Crippen molar-refractivity contribution in [3.05, 3.63) is 35.4 Å². The molecule has 0 spiro atoms. The smallest absolute Gasteiger partial charge is 0.260 e. The predicted molar refractivity (Wildman–Crippen MR) is 84.2 cm³/mol. The number of imide groups is 1. The fourth-order valence-electron chi connectivity index (χ4n) is 2.86. The van der Waals surface area contributed by atoms with Crippen LogP contribution in [-0.2, 0) is 11.2 Å². The number of carbonyl (C=O) groups is 2. The fraction of sp³-hybridized carbons (Fsp3) is 0.556. The average molecular weight is 287 g/mol. The van der Waals surface area contributed by atoms with E-state index in [9.17, 15) is 9.59 Å². The first-order chi connectivity index (χ1) is 10.2. The Balaban J connectivity index is 1.80. The molecular formula is C18H25NO2. The quantitative estimate of drug-likeness (QED) is 0.712. The van der Waals surface area contributed by atoms with E-state index in [-0.39, 0.29) is 11.8 Å². The Morgan fingerprint density at radius 3 is 2.62 bits per heavy atom. The third kappa shape index (κ3) is 4.16. The summed E-state index contributed by atoms with van der Waals surface area (Å²) >= 11 is 0. The van der Waals surface area contributed by atoms with Crippen molar-refractivity contribution in [3.63, 3.8) is 0 Å². The van der Waals surface area contributed by atoms with E-state index in [0.29, 0.717) is 18.5 Å². The Hall–Kier alpha value is -1.64. The first kappa shape index (κ1) is 15.7. The van der Waals surface area contributed by atoms with E-state index in [0.717, 1.165) is 24.8 Å². The zero-order chi connectivity index (χ0) is 15.1. The number of hydrogen-bond donors (Lipinski definition) is 0. The van der Waals surface area contributed by atoms with Crippen LogP contribution in [0.3, 0.4) is 0 Å². The molecule has 0 saturated carbocycles. The number of carbonyl (C=O) groups excluding carboxylic acids is 2. The number of nitrogens with zero attached hydrogens (tertiary/aromatic N) is 1. The molecule has 114 valence electrons. The third-order valence-corrected chi connectivity index (χ3v) is 4.14. The molecule has 1 aromatic carbocycles. The van der Waals surface area contributed by atoms with Crippen molar-refractivity contribution in [3.8, 4) is 0 Å². The fourth-order valence-corrected chi connectivity index (χ4v) is 2.86. The van der Waals surface area contributed by atoms with Gasteiger partial charge in [-0.1, -0.05) is 57.2 Å². The third-order valence-electron chi connectivity index (χ3n) is 4.14. The maximum absolute atomic E-state index is 12.3. The van der Waals surface area contributed by atoms with Crippen LogP contribution in [0.5, 0.6) is 0 Å². The van der Waals surface area contributed by atoms with Gasteiger partial charge in [-0.15, -0.1) is 0 Å². The monoisotopic (exact) mass is 287 g/mol. The maximum Gasteiger partial charge on any atom is 0.260 e. The number of unbranched alkanes of at least 4 members (excludes halogenated alkanes) is 5. The Labute approximate surface area is 127 Å². The molecule has 0 aromatic heterocycles. The van der Waals surface area contributed by atoms with Crippen molar-refractivity contribution in [1.82, 2.24) is 4.90 Å². The Kier molecular flexibility index (Phi) is 5.97. The first-order valence-corrected chi connectivity index (χ1v) is 8.16. The summed E-state index contributed by atoms with van der Waals surface area (Å²) < 4.78 is 0. The van der Waals surface area contributed by atoms with E-state index >= 15 is 0 Å². The molecule has 0 aliphatic carbocycles. The van der Waals surface area contributed by atoms with Gasteiger partial charge >= 0.3 is 0 Å². The standard InChI is InChI=1S/C18H25NO2/c1-2-3-4-5-6-7-12-17(20)19-14-13-15-10-8-9-11-16(15)18(19)21/h8-11H,2-7,12-14H2,1H3. The highest BCUT2D eigenvalue weighted by molar-refractivity contribution is 6.06. The minimum atomic E-state index is -0.118. The van der Waals surface area contributed by atoms with Crippen LogP contribution < -0.4 is 0 Å². The Morgan fingerprint density at radius 1 is 1.10 bits per heavy atom. The van der Waals surface area contributed by atoms with Crippen LogP contribution in [0.25, 0.3) is 0 Å². The van der Waals surface area contributed by atoms with Crippen LogP contribution in [-0.4, -0.2) is 23.3 Å². The molecular weight excluding hydrogens is 262 g/mol. The Morgan fingerprint density at radius 2 is 1.81 bits per heavy atom. The van der Waals surface area contributed by atoms with Gasteiger partial charge < -0.3 is 0 Å². The van der Waals surface area contributed by atoms with E-state index in [1.165, 1.54) is 30.6 Å². The van der Waals surface area contributed by atoms with Crippen molar-refractivity contribution in [1.29, 1.82) is 0 Å². The Bertz CT molecular complexity index is 496. The average Bonchev–Trinajstić information content (AvgIpc) is 2.51. The van der Waals surface area contributed by atoms with Crippen molar-refractivity contribution >= 4 is 11.8 Å². The molecule has 1 heterocycles. The van der Waals surface area contributed by atoms with Crippen molar-refractivity contribution in [2.24, 2.45) is 0 Å². The minimum Gasteiger partial charge on any atom is -0.278 e. The highest BCUT2D eigenvalue weighted by atomic mass is 16.2. The number of fused-ring (bicyclic) bond motifs is 1. The van der Waals surface area contributed by atoms with Crippen LogP contribution in [0, 0.1) is 0 Å². The summed E-state index contributed by atoms with van der Waals surface area (Å²) in [5.74, 6) is -0.127. The minimum absolute atomic E-state index is 0.00926. The summed E-state index contributed by atoms with van der Waals surface area (Å²) in [5, 5.41) is 0. The van der Waals surface area contributed by atoms with Gasteiger partial charge in [0, 0.05) is 18.5 Å². The molecule has 0 radical (unpaired) electrons. The van der Waals surface area contributed by atoms with E-state index in [2.05, 4.69) is 6.92 Å². The molecule has 21 heavy (non-hydrogen) atoms. The van der Waals surface area contributed by atoms with Gasteiger partial charge in [0.05, 0.1) is 0 Å². The van der Waals surface area contributed by atoms with Gasteiger partial charge in [-0.25, -0.2) is 0 Å². The zero-order valence-corrected chi connectivity index (χ0v) is 12.9. The number of amides is 2. The molecule has 2 rings (SSSR count). The second-order valence-corrected chi connectivity index (χ2v) is 5.78. The van der Waals surface area contributed by atoms with Gasteiger partial charge in [0.25, 0.3) is 5.91 Å². The lowest BCUT2D eigenvalue weighted by molar-refractivity contribution is -0.128. The van der Waals surface area contributed by atoms with E-state index < -0.39 is 0 Å². The molecule has 1 aliphatic rings. The summed E-state index contributed by atoms with van der Waals surface area (Å²) in [4.78, 5) is 26.0. The molecule has 0 atom stereocenters. The number of benzene rings is 1. The molecule has 0 N–H and O–H groups in total. The van der Waals surface area contributed by atoms with Crippen molar-refractivity contribution in [2.45, 2.75) is 58.3 Å². The SMILES string of the molecule is CCCCCCCCC(=O)N1CCc2ccccc2C1=O. The topological polar surface area (TPSA) is 37.4 Å². The van der Waals surface area contributed by atoms with Gasteiger partial charge in [-0.05, 0) is 24.5 Å². The number of hydrogen-bond acceptors (Lipinski definition) is 2. The van der Waals surface area contributed by atoms with Gasteiger partial charge in [0.2, 0.25) is 5.91 Å². The first-order valence-electron chi connectivity index (χ1n) is 8.16. The maximum atomic E-state index is 12.3. The van der Waals surface area contributed by atoms with Crippen molar-refractivity contribution in [2.75, 3.05) is 6.54 Å². The van der Waals surface area contributed by atoms with Gasteiger partial charge in [0.1, 0.15) is 0 Å². The second kappa shape index (κ2) is 7.96. The lowest BCUT2D eigenvalue weighted by Crippen LogP contribution is -2.41. The number of rotatable bonds is 7. The van der Waals surface area contributed by atoms with Crippen LogP contribution >= 0.6 is 0 Å². The normalized spacial score (nSPS) is 14.1. The van der Waals surface area contributed by atoms with Gasteiger partial charge in [-0.3, -0.25) is 14.5 Å². The zero-order valence-electron chi connectivity index (χ0n) is 12.9. The van der Waals surface area contributed by atoms with Crippen molar-refractivity contribution < 1.29 is 9.59 Å². The molecule has 1 aliphatic heterocycles. The van der Waals surface area contributed by atoms with Crippen LogP contribution in [0.15, 0.2) is 24.3 Å². The summed E-state index contributed by atoms with van der Waals surface area (Å²) in [6.07, 6.45) is 8.22. The van der Waals surface area contributed by atoms with E-state index in [4.69, 9.17) is 0 Å². The van der Waals surface area contributed by atoms with Crippen LogP contribution in [0.2, 0.25) is 0 Å².